The average Bonchev–Trinajstić information content (AvgIpc) is 2.10. The normalized spacial score (nSPS) is 27.6. The molecule has 0 atom stereocenters. The molecule has 2 fully saturated rings. The van der Waals surface area contributed by atoms with Crippen LogP contribution in [0.2, 0.25) is 0 Å². The second kappa shape index (κ2) is 1.51. The van der Waals surface area contributed by atoms with E-state index in [0.29, 0.717) is 19.4 Å². The summed E-state index contributed by atoms with van der Waals surface area (Å²) in [5.41, 5.74) is -0.311. The van der Waals surface area contributed by atoms with E-state index in [1.54, 1.807) is 0 Å². The topological polar surface area (TPSA) is 55.4 Å². The van der Waals surface area contributed by atoms with Crippen molar-refractivity contribution in [2.75, 3.05) is 6.61 Å². The Labute approximate surface area is 57.5 Å². The number of Topliss-reactive ketones (excluding diaryl/α,β-unsaturated/α-hetero) is 1. The molecule has 54 valence electrons. The molecule has 4 nitrogen and oxygen atoms in total. The molecule has 10 heavy (non-hydrogen) atoms. The van der Waals surface area contributed by atoms with Gasteiger partial charge in [-0.1, -0.05) is 0 Å². The molecule has 1 aliphatic heterocycles. The van der Waals surface area contributed by atoms with E-state index in [-0.39, 0.29) is 11.3 Å². The minimum atomic E-state index is -0.396. The monoisotopic (exact) mass is 141 g/mol. The van der Waals surface area contributed by atoms with Crippen molar-refractivity contribution in [2.45, 2.75) is 18.4 Å². The van der Waals surface area contributed by atoms with Crippen LogP contribution in [0.1, 0.15) is 12.8 Å². The minimum absolute atomic E-state index is 0.200. The third-order valence-electron chi connectivity index (χ3n) is 1.92. The Kier molecular flexibility index (Phi) is 0.859. The van der Waals surface area contributed by atoms with Gasteiger partial charge in [0.1, 0.15) is 12.4 Å². The number of amides is 1. The van der Waals surface area contributed by atoms with Crippen molar-refractivity contribution in [1.29, 1.82) is 0 Å². The summed E-state index contributed by atoms with van der Waals surface area (Å²) in [6, 6.07) is 0. The average molecular weight is 141 g/mol. The highest BCUT2D eigenvalue weighted by Crippen LogP contribution is 2.31. The smallest absolute Gasteiger partial charge is 0.407 e. The first-order valence-electron chi connectivity index (χ1n) is 3.17. The number of carbonyl (C=O) groups is 2. The number of hydrogen-bond donors (Lipinski definition) is 1. The van der Waals surface area contributed by atoms with Gasteiger partial charge in [0.15, 0.2) is 0 Å². The van der Waals surface area contributed by atoms with Gasteiger partial charge in [0.2, 0.25) is 0 Å². The summed E-state index contributed by atoms with van der Waals surface area (Å²) in [7, 11) is 0. The summed E-state index contributed by atoms with van der Waals surface area (Å²) >= 11 is 0. The summed E-state index contributed by atoms with van der Waals surface area (Å²) in [5, 5.41) is 2.62. The zero-order valence-electron chi connectivity index (χ0n) is 5.35. The Hall–Kier alpha value is -1.06. The molecule has 4 heteroatoms. The van der Waals surface area contributed by atoms with Crippen LogP contribution < -0.4 is 5.32 Å². The van der Waals surface area contributed by atoms with E-state index in [1.165, 1.54) is 0 Å². The number of rotatable bonds is 0. The highest BCUT2D eigenvalue weighted by Gasteiger charge is 2.49. The van der Waals surface area contributed by atoms with Crippen LogP contribution in [-0.2, 0) is 9.53 Å². The summed E-state index contributed by atoms with van der Waals surface area (Å²) in [6.07, 6.45) is 0.491. The van der Waals surface area contributed by atoms with Gasteiger partial charge in [0.05, 0.1) is 5.54 Å². The minimum Gasteiger partial charge on any atom is -0.447 e. The van der Waals surface area contributed by atoms with Gasteiger partial charge < -0.3 is 10.1 Å². The number of alkyl carbamates (subject to hydrolysis) is 1. The SMILES string of the molecule is O=C1CC2(COC(=O)N2)C1. The molecule has 1 heterocycles. The van der Waals surface area contributed by atoms with Gasteiger partial charge in [0, 0.05) is 12.8 Å². The molecule has 2 aliphatic rings. The number of cyclic esters (lactones) is 1. The van der Waals surface area contributed by atoms with E-state index in [2.05, 4.69) is 10.1 Å². The van der Waals surface area contributed by atoms with E-state index in [0.717, 1.165) is 0 Å². The van der Waals surface area contributed by atoms with Gasteiger partial charge in [0.25, 0.3) is 0 Å². The summed E-state index contributed by atoms with van der Waals surface area (Å²) in [6.45, 7) is 0.359. The van der Waals surface area contributed by atoms with Gasteiger partial charge in [-0.2, -0.15) is 0 Å². The van der Waals surface area contributed by atoms with Crippen LogP contribution in [-0.4, -0.2) is 24.0 Å². The number of carbonyl (C=O) groups excluding carboxylic acids is 2. The molecule has 2 rings (SSSR count). The predicted molar refractivity (Wildman–Crippen MR) is 31.5 cm³/mol. The zero-order chi connectivity index (χ0) is 7.19. The van der Waals surface area contributed by atoms with Crippen molar-refractivity contribution in [3.05, 3.63) is 0 Å². The maximum absolute atomic E-state index is 10.6. The molecule has 1 saturated carbocycles. The number of nitrogens with one attached hydrogen (secondary N) is 1. The lowest BCUT2D eigenvalue weighted by atomic mass is 9.77. The fourth-order valence-electron chi connectivity index (χ4n) is 1.39. The summed E-state index contributed by atoms with van der Waals surface area (Å²) in [4.78, 5) is 21.1. The molecule has 1 N–H and O–H groups in total. The Balaban J connectivity index is 2.07. The largest absolute Gasteiger partial charge is 0.447 e. The van der Waals surface area contributed by atoms with Crippen LogP contribution in [0, 0.1) is 0 Å². The van der Waals surface area contributed by atoms with Gasteiger partial charge >= 0.3 is 6.09 Å². The Morgan fingerprint density at radius 2 is 2.10 bits per heavy atom. The van der Waals surface area contributed by atoms with E-state index in [9.17, 15) is 9.59 Å². The number of hydrogen-bond acceptors (Lipinski definition) is 3. The van der Waals surface area contributed by atoms with Crippen LogP contribution in [0.4, 0.5) is 4.79 Å². The van der Waals surface area contributed by atoms with Crippen LogP contribution in [0.5, 0.6) is 0 Å². The van der Waals surface area contributed by atoms with E-state index >= 15 is 0 Å². The second-order valence-electron chi connectivity index (χ2n) is 2.87. The van der Waals surface area contributed by atoms with Crippen LogP contribution in [0.15, 0.2) is 0 Å². The van der Waals surface area contributed by atoms with Gasteiger partial charge in [-0.15, -0.1) is 0 Å². The lowest BCUT2D eigenvalue weighted by Gasteiger charge is -2.33. The Bertz CT molecular complexity index is 203. The Morgan fingerprint density at radius 1 is 1.40 bits per heavy atom. The summed E-state index contributed by atoms with van der Waals surface area (Å²) in [5.74, 6) is 0.200. The molecule has 0 aromatic rings. The maximum Gasteiger partial charge on any atom is 0.407 e. The van der Waals surface area contributed by atoms with E-state index < -0.39 is 6.09 Å². The quantitative estimate of drug-likeness (QED) is 0.509. The molecule has 0 unspecified atom stereocenters. The molecular formula is C6H7NO3. The fraction of sp³-hybridized carbons (Fsp3) is 0.667. The lowest BCUT2D eigenvalue weighted by molar-refractivity contribution is -0.128. The van der Waals surface area contributed by atoms with E-state index in [4.69, 9.17) is 0 Å². The van der Waals surface area contributed by atoms with Crippen molar-refractivity contribution >= 4 is 11.9 Å². The lowest BCUT2D eigenvalue weighted by Crippen LogP contribution is -2.54. The van der Waals surface area contributed by atoms with Gasteiger partial charge in [-0.25, -0.2) is 4.79 Å². The van der Waals surface area contributed by atoms with Crippen molar-refractivity contribution < 1.29 is 14.3 Å². The fourth-order valence-corrected chi connectivity index (χ4v) is 1.39. The second-order valence-corrected chi connectivity index (χ2v) is 2.87. The molecule has 1 spiro atoms. The molecule has 1 aliphatic carbocycles. The maximum atomic E-state index is 10.6. The standard InChI is InChI=1S/C6H7NO3/c8-4-1-6(2-4)3-10-5(9)7-6/h1-3H2,(H,7,9). The predicted octanol–water partition coefficient (Wildman–Crippen LogP) is -0.172. The molecular weight excluding hydrogens is 134 g/mol. The summed E-state index contributed by atoms with van der Waals surface area (Å²) < 4.78 is 4.66. The van der Waals surface area contributed by atoms with Crippen LogP contribution in [0.3, 0.4) is 0 Å². The van der Waals surface area contributed by atoms with Crippen molar-refractivity contribution in [2.24, 2.45) is 0 Å². The van der Waals surface area contributed by atoms with E-state index in [1.807, 2.05) is 0 Å². The van der Waals surface area contributed by atoms with Gasteiger partial charge in [-0.3, -0.25) is 4.79 Å². The molecule has 0 radical (unpaired) electrons. The molecule has 0 aromatic heterocycles. The highest BCUT2D eigenvalue weighted by atomic mass is 16.6. The first-order chi connectivity index (χ1) is 4.70. The molecule has 0 bridgehead atoms. The highest BCUT2D eigenvalue weighted by molar-refractivity contribution is 5.90. The van der Waals surface area contributed by atoms with Crippen molar-refractivity contribution in [3.8, 4) is 0 Å². The van der Waals surface area contributed by atoms with Crippen LogP contribution >= 0.6 is 0 Å². The third kappa shape index (κ3) is 0.616. The Morgan fingerprint density at radius 3 is 2.50 bits per heavy atom. The first kappa shape index (κ1) is 5.70. The first-order valence-corrected chi connectivity index (χ1v) is 3.17. The number of ether oxygens (including phenoxy) is 1. The van der Waals surface area contributed by atoms with Crippen molar-refractivity contribution in [1.82, 2.24) is 5.32 Å². The van der Waals surface area contributed by atoms with Gasteiger partial charge in [-0.05, 0) is 0 Å². The molecule has 1 saturated heterocycles. The molecule has 0 aromatic carbocycles. The third-order valence-corrected chi connectivity index (χ3v) is 1.92. The molecule has 1 amide bonds. The zero-order valence-corrected chi connectivity index (χ0v) is 5.35. The number of ketones is 1. The van der Waals surface area contributed by atoms with Crippen LogP contribution in [0.25, 0.3) is 0 Å². The van der Waals surface area contributed by atoms with Crippen molar-refractivity contribution in [3.63, 3.8) is 0 Å².